The quantitative estimate of drug-likeness (QED) is 0.820. The minimum Gasteiger partial charge on any atom is -0.481 e. The number of carboxylic acid groups (broad SMARTS) is 1. The summed E-state index contributed by atoms with van der Waals surface area (Å²) in [6.45, 7) is 6.41. The second kappa shape index (κ2) is 6.19. The van der Waals surface area contributed by atoms with E-state index in [1.807, 2.05) is 20.8 Å². The highest BCUT2D eigenvalue weighted by molar-refractivity contribution is 7.86. The lowest BCUT2D eigenvalue weighted by atomic mass is 9.99. The Kier molecular flexibility index (Phi) is 5.34. The summed E-state index contributed by atoms with van der Waals surface area (Å²) in [7, 11) is -1.90. The van der Waals surface area contributed by atoms with Crippen molar-refractivity contribution in [2.75, 3.05) is 20.1 Å². The first-order valence-electron chi connectivity index (χ1n) is 6.63. The van der Waals surface area contributed by atoms with E-state index >= 15 is 0 Å². The first kappa shape index (κ1) is 16.4. The molecule has 0 spiro atoms. The molecule has 1 rings (SSSR count). The van der Waals surface area contributed by atoms with E-state index in [-0.39, 0.29) is 25.0 Å². The molecule has 1 fully saturated rings. The van der Waals surface area contributed by atoms with Gasteiger partial charge >= 0.3 is 5.97 Å². The molecule has 0 saturated carbocycles. The zero-order valence-corrected chi connectivity index (χ0v) is 12.9. The van der Waals surface area contributed by atoms with Crippen molar-refractivity contribution in [3.63, 3.8) is 0 Å². The van der Waals surface area contributed by atoms with Gasteiger partial charge in [-0.05, 0) is 25.7 Å². The largest absolute Gasteiger partial charge is 0.481 e. The molecule has 1 heterocycles. The topological polar surface area (TPSA) is 77.9 Å². The van der Waals surface area contributed by atoms with E-state index in [4.69, 9.17) is 5.11 Å². The zero-order valence-electron chi connectivity index (χ0n) is 12.0. The number of aliphatic carboxylic acids is 1. The van der Waals surface area contributed by atoms with Crippen molar-refractivity contribution in [3.05, 3.63) is 0 Å². The van der Waals surface area contributed by atoms with Crippen LogP contribution in [-0.4, -0.2) is 54.3 Å². The first-order valence-corrected chi connectivity index (χ1v) is 8.03. The minimum atomic E-state index is -3.48. The summed E-state index contributed by atoms with van der Waals surface area (Å²) in [5.74, 6) is -1.02. The van der Waals surface area contributed by atoms with Gasteiger partial charge in [0.15, 0.2) is 0 Å². The standard InChI is InChI=1S/C12H24N2O4S/c1-9(2)10(3)13(4)19(17,18)14-7-5-11(6-8-14)12(15)16/h9-11H,5-8H2,1-4H3,(H,15,16). The summed E-state index contributed by atoms with van der Waals surface area (Å²) < 4.78 is 27.6. The van der Waals surface area contributed by atoms with E-state index in [0.29, 0.717) is 12.8 Å². The van der Waals surface area contributed by atoms with E-state index in [0.717, 1.165) is 0 Å². The van der Waals surface area contributed by atoms with Crippen LogP contribution >= 0.6 is 0 Å². The maximum atomic E-state index is 12.4. The normalized spacial score (nSPS) is 20.9. The summed E-state index contributed by atoms with van der Waals surface area (Å²) in [6.07, 6.45) is 0.775. The van der Waals surface area contributed by atoms with Crippen LogP contribution < -0.4 is 0 Å². The van der Waals surface area contributed by atoms with Gasteiger partial charge in [0.1, 0.15) is 0 Å². The lowest BCUT2D eigenvalue weighted by Gasteiger charge is -2.35. The highest BCUT2D eigenvalue weighted by atomic mass is 32.2. The Bertz CT molecular complexity index is 413. The van der Waals surface area contributed by atoms with Gasteiger partial charge in [-0.2, -0.15) is 17.0 Å². The van der Waals surface area contributed by atoms with Gasteiger partial charge in [-0.25, -0.2) is 0 Å². The lowest BCUT2D eigenvalue weighted by molar-refractivity contribution is -0.142. The average molecular weight is 292 g/mol. The molecule has 0 aliphatic carbocycles. The van der Waals surface area contributed by atoms with Crippen molar-refractivity contribution >= 4 is 16.2 Å². The van der Waals surface area contributed by atoms with Crippen molar-refractivity contribution in [1.29, 1.82) is 0 Å². The molecule has 112 valence electrons. The number of hydrogen-bond donors (Lipinski definition) is 1. The Morgan fingerprint density at radius 2 is 1.74 bits per heavy atom. The molecular formula is C12H24N2O4S. The molecule has 1 aliphatic rings. The van der Waals surface area contributed by atoms with Gasteiger partial charge in [0.2, 0.25) is 0 Å². The molecule has 0 aromatic heterocycles. The summed E-state index contributed by atoms with van der Waals surface area (Å²) in [6, 6.07) is -0.0813. The van der Waals surface area contributed by atoms with Gasteiger partial charge in [0, 0.05) is 26.2 Å². The molecule has 1 saturated heterocycles. The first-order chi connectivity index (χ1) is 8.67. The summed E-state index contributed by atoms with van der Waals surface area (Å²) >= 11 is 0. The van der Waals surface area contributed by atoms with Crippen LogP contribution in [0.25, 0.3) is 0 Å². The Hall–Kier alpha value is -0.660. The summed E-state index contributed by atoms with van der Waals surface area (Å²) in [5.41, 5.74) is 0. The number of carbonyl (C=O) groups is 1. The van der Waals surface area contributed by atoms with Crippen LogP contribution in [0, 0.1) is 11.8 Å². The molecular weight excluding hydrogens is 268 g/mol. The van der Waals surface area contributed by atoms with E-state index in [9.17, 15) is 13.2 Å². The fraction of sp³-hybridized carbons (Fsp3) is 0.917. The van der Waals surface area contributed by atoms with Gasteiger partial charge < -0.3 is 5.11 Å². The molecule has 1 atom stereocenters. The second-order valence-corrected chi connectivity index (χ2v) is 7.51. The maximum Gasteiger partial charge on any atom is 0.306 e. The van der Waals surface area contributed by atoms with E-state index in [2.05, 4.69) is 0 Å². The molecule has 0 radical (unpaired) electrons. The van der Waals surface area contributed by atoms with Crippen molar-refractivity contribution in [3.8, 4) is 0 Å². The van der Waals surface area contributed by atoms with E-state index in [1.54, 1.807) is 7.05 Å². The highest BCUT2D eigenvalue weighted by Crippen LogP contribution is 2.23. The third-order valence-electron chi connectivity index (χ3n) is 4.03. The van der Waals surface area contributed by atoms with Crippen LogP contribution in [0.5, 0.6) is 0 Å². The van der Waals surface area contributed by atoms with Crippen LogP contribution in [-0.2, 0) is 15.0 Å². The Morgan fingerprint density at radius 1 is 1.26 bits per heavy atom. The molecule has 1 unspecified atom stereocenters. The number of carboxylic acids is 1. The predicted molar refractivity (Wildman–Crippen MR) is 72.9 cm³/mol. The van der Waals surface area contributed by atoms with E-state index < -0.39 is 22.1 Å². The monoisotopic (exact) mass is 292 g/mol. The van der Waals surface area contributed by atoms with Crippen molar-refractivity contribution in [2.24, 2.45) is 11.8 Å². The van der Waals surface area contributed by atoms with Crippen LogP contribution in [0.2, 0.25) is 0 Å². The van der Waals surface area contributed by atoms with Gasteiger partial charge in [0.25, 0.3) is 10.2 Å². The molecule has 7 heteroatoms. The molecule has 0 amide bonds. The molecule has 0 aromatic rings. The van der Waals surface area contributed by atoms with Gasteiger partial charge in [-0.15, -0.1) is 0 Å². The van der Waals surface area contributed by atoms with Crippen molar-refractivity contribution < 1.29 is 18.3 Å². The maximum absolute atomic E-state index is 12.4. The third kappa shape index (κ3) is 3.67. The van der Waals surface area contributed by atoms with Gasteiger partial charge in [-0.3, -0.25) is 4.79 Å². The Balaban J connectivity index is 2.72. The van der Waals surface area contributed by atoms with Crippen LogP contribution in [0.15, 0.2) is 0 Å². The average Bonchev–Trinajstić information content (AvgIpc) is 2.36. The smallest absolute Gasteiger partial charge is 0.306 e. The number of piperidine rings is 1. The number of nitrogens with zero attached hydrogens (tertiary/aromatic N) is 2. The SMILES string of the molecule is CC(C)C(C)N(C)S(=O)(=O)N1CCC(C(=O)O)CC1. The molecule has 1 aliphatic heterocycles. The zero-order chi connectivity index (χ0) is 14.8. The van der Waals surface area contributed by atoms with Gasteiger partial charge in [-0.1, -0.05) is 13.8 Å². The fourth-order valence-corrected chi connectivity index (χ4v) is 3.85. The molecule has 1 N–H and O–H groups in total. The molecule has 0 aromatic carbocycles. The van der Waals surface area contributed by atoms with Gasteiger partial charge in [0.05, 0.1) is 5.92 Å². The Morgan fingerprint density at radius 3 is 2.11 bits per heavy atom. The number of rotatable bonds is 5. The summed E-state index contributed by atoms with van der Waals surface area (Å²) in [5, 5.41) is 8.92. The van der Waals surface area contributed by atoms with Crippen molar-refractivity contribution in [2.45, 2.75) is 39.7 Å². The molecule has 19 heavy (non-hydrogen) atoms. The summed E-state index contributed by atoms with van der Waals surface area (Å²) in [4.78, 5) is 10.9. The van der Waals surface area contributed by atoms with E-state index in [1.165, 1.54) is 8.61 Å². The highest BCUT2D eigenvalue weighted by Gasteiger charge is 2.35. The van der Waals surface area contributed by atoms with Crippen LogP contribution in [0.3, 0.4) is 0 Å². The molecule has 0 bridgehead atoms. The molecule has 6 nitrogen and oxygen atoms in total. The second-order valence-electron chi connectivity index (χ2n) is 5.52. The predicted octanol–water partition coefficient (Wildman–Crippen LogP) is 1.00. The third-order valence-corrected chi connectivity index (χ3v) is 6.11. The van der Waals surface area contributed by atoms with Crippen LogP contribution in [0.4, 0.5) is 0 Å². The van der Waals surface area contributed by atoms with Crippen molar-refractivity contribution in [1.82, 2.24) is 8.61 Å². The van der Waals surface area contributed by atoms with Crippen LogP contribution in [0.1, 0.15) is 33.6 Å². The number of hydrogen-bond acceptors (Lipinski definition) is 3. The lowest BCUT2D eigenvalue weighted by Crippen LogP contribution is -2.50. The fourth-order valence-electron chi connectivity index (χ4n) is 2.15. The Labute approximate surface area is 115 Å². The minimum absolute atomic E-state index is 0.0813.